The number of anilines is 2. The van der Waals surface area contributed by atoms with Gasteiger partial charge in [-0.1, -0.05) is 13.8 Å². The van der Waals surface area contributed by atoms with Gasteiger partial charge in [-0.15, -0.1) is 5.10 Å². The van der Waals surface area contributed by atoms with Gasteiger partial charge in [0.25, 0.3) is 0 Å². The van der Waals surface area contributed by atoms with E-state index in [1.54, 1.807) is 6.20 Å². The first kappa shape index (κ1) is 26.3. The largest absolute Gasteiger partial charge is 0.378 e. The number of aromatic nitrogens is 6. The van der Waals surface area contributed by atoms with Crippen LogP contribution in [0.5, 0.6) is 0 Å². The van der Waals surface area contributed by atoms with Crippen molar-refractivity contribution in [3.05, 3.63) is 54.6 Å². The average Bonchev–Trinajstić information content (AvgIpc) is 3.43. The standard InChI is InChI=1S/C29H35N9O2/c1-20(2)21-13-28(35-31-15-21)34-27-5-4-25-26(33-27)12-22(14-30-25)23-16-32-38(19-23)7-3-6-36-17-24(18-36)29(39)37-8-10-40-11-9-37/h4-5,12-16,19-20,24H,3,6-11,17-18H2,1-2H3,(H,33,34,35). The van der Waals surface area contributed by atoms with Crippen LogP contribution in [0.3, 0.4) is 0 Å². The minimum Gasteiger partial charge on any atom is -0.378 e. The van der Waals surface area contributed by atoms with Gasteiger partial charge >= 0.3 is 0 Å². The minimum absolute atomic E-state index is 0.136. The fourth-order valence-electron chi connectivity index (χ4n) is 5.17. The van der Waals surface area contributed by atoms with E-state index in [0.717, 1.165) is 73.4 Å². The van der Waals surface area contributed by atoms with Gasteiger partial charge in [0.1, 0.15) is 5.82 Å². The topological polar surface area (TPSA) is 114 Å². The predicted octanol–water partition coefficient (Wildman–Crippen LogP) is 3.33. The summed E-state index contributed by atoms with van der Waals surface area (Å²) >= 11 is 0. The Morgan fingerprint density at radius 2 is 1.88 bits per heavy atom. The number of nitrogens with zero attached hydrogens (tertiary/aromatic N) is 8. The minimum atomic E-state index is 0.136. The average molecular weight is 542 g/mol. The van der Waals surface area contributed by atoms with Crippen molar-refractivity contribution in [1.29, 1.82) is 0 Å². The van der Waals surface area contributed by atoms with Crippen molar-refractivity contribution in [1.82, 2.24) is 39.7 Å². The molecule has 2 aliphatic rings. The second kappa shape index (κ2) is 11.6. The Hall–Kier alpha value is -3.96. The highest BCUT2D eigenvalue weighted by Gasteiger charge is 2.35. The molecule has 1 N–H and O–H groups in total. The zero-order chi connectivity index (χ0) is 27.5. The Kier molecular flexibility index (Phi) is 7.65. The Bertz CT molecular complexity index is 1480. The number of aryl methyl sites for hydroxylation is 1. The molecule has 4 aromatic rings. The van der Waals surface area contributed by atoms with Gasteiger partial charge < -0.3 is 19.9 Å². The van der Waals surface area contributed by atoms with Crippen LogP contribution in [0.25, 0.3) is 22.2 Å². The Morgan fingerprint density at radius 3 is 2.70 bits per heavy atom. The molecule has 40 heavy (non-hydrogen) atoms. The molecule has 2 saturated heterocycles. The predicted molar refractivity (Wildman–Crippen MR) is 152 cm³/mol. The summed E-state index contributed by atoms with van der Waals surface area (Å²) in [5.74, 6) is 2.15. The van der Waals surface area contributed by atoms with E-state index in [4.69, 9.17) is 9.72 Å². The van der Waals surface area contributed by atoms with Crippen molar-refractivity contribution in [2.75, 3.05) is 51.3 Å². The first-order chi connectivity index (χ1) is 19.5. The summed E-state index contributed by atoms with van der Waals surface area (Å²) in [7, 11) is 0. The molecule has 1 amide bonds. The van der Waals surface area contributed by atoms with Gasteiger partial charge in [-0.25, -0.2) is 4.98 Å². The highest BCUT2D eigenvalue weighted by molar-refractivity contribution is 5.82. The molecule has 6 rings (SSSR count). The van der Waals surface area contributed by atoms with E-state index in [0.29, 0.717) is 30.8 Å². The molecule has 0 unspecified atom stereocenters. The molecule has 0 atom stereocenters. The molecule has 0 radical (unpaired) electrons. The van der Waals surface area contributed by atoms with Crippen LogP contribution < -0.4 is 5.32 Å². The van der Waals surface area contributed by atoms with Crippen molar-refractivity contribution in [3.63, 3.8) is 0 Å². The Morgan fingerprint density at radius 1 is 1.02 bits per heavy atom. The highest BCUT2D eigenvalue weighted by Crippen LogP contribution is 2.24. The number of pyridine rings is 2. The number of nitrogens with one attached hydrogen (secondary N) is 1. The second-order valence-electron chi connectivity index (χ2n) is 10.9. The molecule has 2 aliphatic heterocycles. The Balaban J connectivity index is 1.03. The lowest BCUT2D eigenvalue weighted by atomic mass is 9.98. The first-order valence-electron chi connectivity index (χ1n) is 14.0. The van der Waals surface area contributed by atoms with Crippen molar-refractivity contribution >= 4 is 28.6 Å². The summed E-state index contributed by atoms with van der Waals surface area (Å²) in [4.78, 5) is 26.3. The summed E-state index contributed by atoms with van der Waals surface area (Å²) in [6.45, 7) is 10.5. The molecule has 6 heterocycles. The van der Waals surface area contributed by atoms with Crippen LogP contribution in [0, 0.1) is 5.92 Å². The molecular weight excluding hydrogens is 506 g/mol. The number of rotatable bonds is 9. The van der Waals surface area contributed by atoms with Gasteiger partial charge in [-0.3, -0.25) is 14.5 Å². The summed E-state index contributed by atoms with van der Waals surface area (Å²) < 4.78 is 7.33. The molecule has 2 fully saturated rings. The number of hydrogen-bond acceptors (Lipinski definition) is 9. The van der Waals surface area contributed by atoms with Crippen LogP contribution in [0.1, 0.15) is 31.7 Å². The van der Waals surface area contributed by atoms with Crippen LogP contribution in [-0.4, -0.2) is 91.6 Å². The fourth-order valence-corrected chi connectivity index (χ4v) is 5.17. The van der Waals surface area contributed by atoms with Crippen molar-refractivity contribution in [3.8, 4) is 11.1 Å². The number of morpholine rings is 1. The highest BCUT2D eigenvalue weighted by atomic mass is 16.5. The van der Waals surface area contributed by atoms with Gasteiger partial charge in [0.2, 0.25) is 5.91 Å². The van der Waals surface area contributed by atoms with Crippen LogP contribution in [0.15, 0.2) is 49.1 Å². The number of hydrogen-bond donors (Lipinski definition) is 1. The van der Waals surface area contributed by atoms with E-state index in [-0.39, 0.29) is 11.8 Å². The summed E-state index contributed by atoms with van der Waals surface area (Å²) in [5.41, 5.74) is 4.71. The molecule has 0 spiro atoms. The normalized spacial score (nSPS) is 16.4. The van der Waals surface area contributed by atoms with Gasteiger partial charge in [-0.2, -0.15) is 10.2 Å². The number of carbonyl (C=O) groups excluding carboxylic acids is 1. The summed E-state index contributed by atoms with van der Waals surface area (Å²) in [6, 6.07) is 7.89. The number of ether oxygens (including phenoxy) is 1. The number of carbonyl (C=O) groups is 1. The fraction of sp³-hybridized carbons (Fsp3) is 0.448. The maximum Gasteiger partial charge on any atom is 0.228 e. The molecule has 11 nitrogen and oxygen atoms in total. The number of amides is 1. The zero-order valence-electron chi connectivity index (χ0n) is 23.0. The molecule has 0 bridgehead atoms. The number of fused-ring (bicyclic) bond motifs is 1. The molecule has 0 aliphatic carbocycles. The lowest BCUT2D eigenvalue weighted by molar-refractivity contribution is -0.145. The molecule has 0 saturated carbocycles. The quantitative estimate of drug-likeness (QED) is 0.341. The molecule has 11 heteroatoms. The van der Waals surface area contributed by atoms with Gasteiger partial charge in [0.15, 0.2) is 5.82 Å². The number of likely N-dealkylation sites (tertiary alicyclic amines) is 1. The van der Waals surface area contributed by atoms with Crippen LogP contribution in [0.4, 0.5) is 11.6 Å². The second-order valence-corrected chi connectivity index (χ2v) is 10.9. The van der Waals surface area contributed by atoms with E-state index < -0.39 is 0 Å². The molecular formula is C29H35N9O2. The zero-order valence-corrected chi connectivity index (χ0v) is 23.0. The SMILES string of the molecule is CC(C)c1cnnc(Nc2ccc3ncc(-c4cnn(CCCN5CC(C(=O)N6CCOCC6)C5)c4)cc3n2)c1. The first-order valence-corrected chi connectivity index (χ1v) is 14.0. The van der Waals surface area contributed by atoms with Crippen molar-refractivity contribution in [2.24, 2.45) is 5.92 Å². The van der Waals surface area contributed by atoms with E-state index in [1.165, 1.54) is 0 Å². The lowest BCUT2D eigenvalue weighted by Crippen LogP contribution is -2.56. The van der Waals surface area contributed by atoms with E-state index >= 15 is 0 Å². The smallest absolute Gasteiger partial charge is 0.228 e. The molecule has 4 aromatic heterocycles. The van der Waals surface area contributed by atoms with Crippen molar-refractivity contribution < 1.29 is 9.53 Å². The Labute approximate surface area is 233 Å². The van der Waals surface area contributed by atoms with E-state index in [9.17, 15) is 4.79 Å². The monoisotopic (exact) mass is 541 g/mol. The third kappa shape index (κ3) is 5.95. The van der Waals surface area contributed by atoms with Crippen LogP contribution >= 0.6 is 0 Å². The van der Waals surface area contributed by atoms with E-state index in [1.807, 2.05) is 46.2 Å². The van der Waals surface area contributed by atoms with Crippen LogP contribution in [-0.2, 0) is 16.1 Å². The van der Waals surface area contributed by atoms with Gasteiger partial charge in [0, 0.05) is 56.2 Å². The van der Waals surface area contributed by atoms with E-state index in [2.05, 4.69) is 50.5 Å². The molecule has 208 valence electrons. The summed E-state index contributed by atoms with van der Waals surface area (Å²) in [5, 5.41) is 16.1. The maximum absolute atomic E-state index is 12.6. The third-order valence-electron chi connectivity index (χ3n) is 7.59. The van der Waals surface area contributed by atoms with Gasteiger partial charge in [0.05, 0.1) is 42.6 Å². The molecule has 0 aromatic carbocycles. The summed E-state index contributed by atoms with van der Waals surface area (Å²) in [6.07, 6.45) is 8.56. The van der Waals surface area contributed by atoms with Crippen molar-refractivity contribution in [2.45, 2.75) is 32.7 Å². The maximum atomic E-state index is 12.6. The third-order valence-corrected chi connectivity index (χ3v) is 7.59. The van der Waals surface area contributed by atoms with Gasteiger partial charge in [-0.05, 0) is 48.7 Å². The lowest BCUT2D eigenvalue weighted by Gasteiger charge is -2.41. The van der Waals surface area contributed by atoms with Crippen LogP contribution in [0.2, 0.25) is 0 Å².